The fourth-order valence-electron chi connectivity index (χ4n) is 1.04. The van der Waals surface area contributed by atoms with Crippen LogP contribution in [-0.4, -0.2) is 6.10 Å². The molecule has 1 radical (unpaired) electrons. The predicted octanol–water partition coefficient (Wildman–Crippen LogP) is 3.05. The van der Waals surface area contributed by atoms with Crippen molar-refractivity contribution in [2.24, 2.45) is 0 Å². The molecule has 0 bridgehead atoms. The van der Waals surface area contributed by atoms with E-state index in [-0.39, 0.29) is 6.10 Å². The average Bonchev–Trinajstić information content (AvgIpc) is 2.03. The van der Waals surface area contributed by atoms with Crippen molar-refractivity contribution in [3.63, 3.8) is 0 Å². The summed E-state index contributed by atoms with van der Waals surface area (Å²) in [6.07, 6.45) is 2.31. The van der Waals surface area contributed by atoms with Crippen LogP contribution >= 0.6 is 0 Å². The maximum absolute atomic E-state index is 5.54. The van der Waals surface area contributed by atoms with Crippen LogP contribution in [0.2, 0.25) is 0 Å². The van der Waals surface area contributed by atoms with Crippen LogP contribution in [0.1, 0.15) is 26.3 Å². The minimum absolute atomic E-state index is 0.247. The lowest BCUT2D eigenvalue weighted by molar-refractivity contribution is 0.242. The molecule has 1 nitrogen and oxygen atoms in total. The first-order valence-electron chi connectivity index (χ1n) is 4.28. The molecule has 0 amide bonds. The highest BCUT2D eigenvalue weighted by Gasteiger charge is 1.97. The summed E-state index contributed by atoms with van der Waals surface area (Å²) in [7, 11) is 0. The van der Waals surface area contributed by atoms with E-state index in [0.717, 1.165) is 5.75 Å². The van der Waals surface area contributed by atoms with Gasteiger partial charge in [-0.1, -0.05) is 19.1 Å². The first-order valence-corrected chi connectivity index (χ1v) is 4.28. The van der Waals surface area contributed by atoms with E-state index >= 15 is 0 Å². The second kappa shape index (κ2) is 4.15. The summed E-state index contributed by atoms with van der Waals surface area (Å²) in [6, 6.07) is 8.09. The quantitative estimate of drug-likeness (QED) is 0.665. The Labute approximate surface area is 74.4 Å². The van der Waals surface area contributed by atoms with Gasteiger partial charge in [0.25, 0.3) is 0 Å². The van der Waals surface area contributed by atoms with Crippen molar-refractivity contribution in [3.05, 3.63) is 36.2 Å². The molecule has 12 heavy (non-hydrogen) atoms. The molecule has 0 spiro atoms. The first-order chi connectivity index (χ1) is 5.72. The molecule has 65 valence electrons. The van der Waals surface area contributed by atoms with Gasteiger partial charge in [0.05, 0.1) is 6.10 Å². The fraction of sp³-hybridized carbons (Fsp3) is 0.364. The largest absolute Gasteiger partial charge is 0.491 e. The predicted molar refractivity (Wildman–Crippen MR) is 51.3 cm³/mol. The standard InChI is InChI=1S/C11H15O/c1-4-10-6-5-7-11(8-10)12-9(2)3/h4-9H,1-3H3. The molecule has 0 fully saturated rings. The van der Waals surface area contributed by atoms with E-state index in [4.69, 9.17) is 4.74 Å². The third-order valence-corrected chi connectivity index (χ3v) is 1.56. The van der Waals surface area contributed by atoms with Crippen molar-refractivity contribution in [2.45, 2.75) is 26.9 Å². The molecular formula is C11H15O. The van der Waals surface area contributed by atoms with Crippen LogP contribution in [0.25, 0.3) is 0 Å². The Morgan fingerprint density at radius 1 is 1.33 bits per heavy atom. The Kier molecular flexibility index (Phi) is 3.15. The SMILES string of the molecule is C[CH]c1cccc(OC(C)C)c1. The van der Waals surface area contributed by atoms with E-state index in [0.29, 0.717) is 0 Å². The van der Waals surface area contributed by atoms with Gasteiger partial charge in [-0.3, -0.25) is 0 Å². The third kappa shape index (κ3) is 2.57. The average molecular weight is 163 g/mol. The molecular weight excluding hydrogens is 148 g/mol. The molecule has 0 unspecified atom stereocenters. The topological polar surface area (TPSA) is 9.23 Å². The fourth-order valence-corrected chi connectivity index (χ4v) is 1.04. The van der Waals surface area contributed by atoms with Crippen LogP contribution in [0, 0.1) is 6.42 Å². The van der Waals surface area contributed by atoms with E-state index in [9.17, 15) is 0 Å². The highest BCUT2D eigenvalue weighted by Crippen LogP contribution is 2.15. The van der Waals surface area contributed by atoms with E-state index in [2.05, 4.69) is 12.5 Å². The van der Waals surface area contributed by atoms with E-state index in [1.165, 1.54) is 5.56 Å². The Morgan fingerprint density at radius 2 is 2.08 bits per heavy atom. The van der Waals surface area contributed by atoms with Crippen molar-refractivity contribution in [1.29, 1.82) is 0 Å². The highest BCUT2D eigenvalue weighted by atomic mass is 16.5. The molecule has 0 atom stereocenters. The summed E-state index contributed by atoms with van der Waals surface area (Å²) in [5.74, 6) is 0.945. The molecule has 1 aromatic carbocycles. The normalized spacial score (nSPS) is 10.3. The molecule has 0 saturated carbocycles. The van der Waals surface area contributed by atoms with Gasteiger partial charge in [0.1, 0.15) is 5.75 Å². The van der Waals surface area contributed by atoms with Gasteiger partial charge < -0.3 is 4.74 Å². The molecule has 0 saturated heterocycles. The maximum atomic E-state index is 5.54. The minimum atomic E-state index is 0.247. The van der Waals surface area contributed by atoms with Crippen molar-refractivity contribution < 1.29 is 4.74 Å². The summed E-state index contributed by atoms with van der Waals surface area (Å²) < 4.78 is 5.54. The zero-order valence-corrected chi connectivity index (χ0v) is 7.87. The Bertz CT molecular complexity index is 241. The Balaban J connectivity index is 2.72. The summed E-state index contributed by atoms with van der Waals surface area (Å²) in [4.78, 5) is 0. The van der Waals surface area contributed by atoms with E-state index in [1.54, 1.807) is 0 Å². The second-order valence-corrected chi connectivity index (χ2v) is 3.03. The molecule has 1 aromatic rings. The zero-order chi connectivity index (χ0) is 8.97. The zero-order valence-electron chi connectivity index (χ0n) is 7.87. The van der Waals surface area contributed by atoms with Crippen LogP contribution in [0.3, 0.4) is 0 Å². The molecule has 0 aliphatic heterocycles. The summed E-state index contributed by atoms with van der Waals surface area (Å²) >= 11 is 0. The highest BCUT2D eigenvalue weighted by molar-refractivity contribution is 5.32. The summed E-state index contributed by atoms with van der Waals surface area (Å²) in [5, 5.41) is 0. The summed E-state index contributed by atoms with van der Waals surface area (Å²) in [5.41, 5.74) is 1.20. The summed E-state index contributed by atoms with van der Waals surface area (Å²) in [6.45, 7) is 6.08. The number of hydrogen-bond donors (Lipinski definition) is 0. The number of ether oxygens (including phenoxy) is 1. The van der Waals surface area contributed by atoms with Crippen molar-refractivity contribution in [1.82, 2.24) is 0 Å². The van der Waals surface area contributed by atoms with Crippen LogP contribution in [0.4, 0.5) is 0 Å². The maximum Gasteiger partial charge on any atom is 0.119 e. The lowest BCUT2D eigenvalue weighted by Crippen LogP contribution is -2.05. The van der Waals surface area contributed by atoms with Gasteiger partial charge in [-0.05, 0) is 38.0 Å². The van der Waals surface area contributed by atoms with Gasteiger partial charge in [-0.25, -0.2) is 0 Å². The molecule has 1 rings (SSSR count). The molecule has 0 heterocycles. The van der Waals surface area contributed by atoms with E-state index in [1.807, 2.05) is 39.0 Å². The van der Waals surface area contributed by atoms with Crippen molar-refractivity contribution >= 4 is 0 Å². The first kappa shape index (κ1) is 9.11. The van der Waals surface area contributed by atoms with Gasteiger partial charge in [0.15, 0.2) is 0 Å². The molecule has 0 aliphatic rings. The lowest BCUT2D eigenvalue weighted by atomic mass is 10.2. The smallest absolute Gasteiger partial charge is 0.119 e. The Hall–Kier alpha value is -0.980. The van der Waals surface area contributed by atoms with Crippen LogP contribution in [-0.2, 0) is 0 Å². The minimum Gasteiger partial charge on any atom is -0.491 e. The van der Waals surface area contributed by atoms with E-state index < -0.39 is 0 Å². The number of benzene rings is 1. The lowest BCUT2D eigenvalue weighted by Gasteiger charge is -2.09. The van der Waals surface area contributed by atoms with Crippen LogP contribution in [0.5, 0.6) is 5.75 Å². The Morgan fingerprint density at radius 3 is 2.67 bits per heavy atom. The molecule has 0 aliphatic carbocycles. The molecule has 1 heteroatoms. The van der Waals surface area contributed by atoms with Crippen LogP contribution in [0.15, 0.2) is 24.3 Å². The number of rotatable bonds is 3. The third-order valence-electron chi connectivity index (χ3n) is 1.56. The molecule has 0 aromatic heterocycles. The molecule has 0 N–H and O–H groups in total. The number of hydrogen-bond acceptors (Lipinski definition) is 1. The van der Waals surface area contributed by atoms with Crippen LogP contribution < -0.4 is 4.74 Å². The van der Waals surface area contributed by atoms with Crippen molar-refractivity contribution in [2.75, 3.05) is 0 Å². The second-order valence-electron chi connectivity index (χ2n) is 3.03. The monoisotopic (exact) mass is 163 g/mol. The van der Waals surface area contributed by atoms with Gasteiger partial charge in [0.2, 0.25) is 0 Å². The van der Waals surface area contributed by atoms with Gasteiger partial charge in [-0.15, -0.1) is 0 Å². The van der Waals surface area contributed by atoms with Gasteiger partial charge >= 0.3 is 0 Å². The van der Waals surface area contributed by atoms with Gasteiger partial charge in [0, 0.05) is 0 Å². The van der Waals surface area contributed by atoms with Gasteiger partial charge in [-0.2, -0.15) is 0 Å². The van der Waals surface area contributed by atoms with Crippen molar-refractivity contribution in [3.8, 4) is 5.75 Å².